The second-order valence-corrected chi connectivity index (χ2v) is 6.08. The van der Waals surface area contributed by atoms with E-state index in [0.29, 0.717) is 6.04 Å². The Balaban J connectivity index is 2.27. The second-order valence-electron chi connectivity index (χ2n) is 6.08. The molecule has 0 radical (unpaired) electrons. The molecule has 2 N–H and O–H groups in total. The van der Waals surface area contributed by atoms with Gasteiger partial charge < -0.3 is 15.2 Å². The molecule has 1 aliphatic heterocycles. The molecule has 1 saturated heterocycles. The Bertz CT molecular complexity index is 443. The van der Waals surface area contributed by atoms with E-state index >= 15 is 0 Å². The number of aliphatic hydroxyl groups is 1. The van der Waals surface area contributed by atoms with Gasteiger partial charge in [0.1, 0.15) is 0 Å². The monoisotopic (exact) mass is 263 g/mol. The Kier molecular flexibility index (Phi) is 4.16. The number of hydrogen-bond acceptors (Lipinski definition) is 3. The van der Waals surface area contributed by atoms with Gasteiger partial charge in [-0.2, -0.15) is 0 Å². The summed E-state index contributed by atoms with van der Waals surface area (Å²) in [5, 5.41) is 13.9. The molecule has 1 aromatic carbocycles. The third-order valence-corrected chi connectivity index (χ3v) is 3.79. The van der Waals surface area contributed by atoms with Crippen molar-refractivity contribution < 1.29 is 9.84 Å². The average Bonchev–Trinajstić information content (AvgIpc) is 2.33. The first-order valence-electron chi connectivity index (χ1n) is 7.06. The van der Waals surface area contributed by atoms with Crippen molar-refractivity contribution in [1.29, 1.82) is 0 Å². The predicted molar refractivity (Wildman–Crippen MR) is 78.6 cm³/mol. The fraction of sp³-hybridized carbons (Fsp3) is 0.625. The van der Waals surface area contributed by atoms with E-state index in [-0.39, 0.29) is 0 Å². The molecule has 1 heterocycles. The summed E-state index contributed by atoms with van der Waals surface area (Å²) in [5.74, 6) is 0. The van der Waals surface area contributed by atoms with Crippen LogP contribution in [0.15, 0.2) is 12.1 Å². The molecule has 106 valence electrons. The molecule has 1 aromatic rings. The Morgan fingerprint density at radius 1 is 1.21 bits per heavy atom. The van der Waals surface area contributed by atoms with Gasteiger partial charge in [0.15, 0.2) is 0 Å². The van der Waals surface area contributed by atoms with Gasteiger partial charge in [-0.25, -0.2) is 0 Å². The fourth-order valence-corrected chi connectivity index (χ4v) is 2.71. The van der Waals surface area contributed by atoms with Gasteiger partial charge >= 0.3 is 0 Å². The van der Waals surface area contributed by atoms with Gasteiger partial charge in [-0.3, -0.25) is 0 Å². The molecule has 1 fully saturated rings. The Morgan fingerprint density at radius 3 is 2.42 bits per heavy atom. The minimum atomic E-state index is -0.803. The van der Waals surface area contributed by atoms with Crippen molar-refractivity contribution in [3.63, 3.8) is 0 Å². The van der Waals surface area contributed by atoms with Crippen LogP contribution in [0.2, 0.25) is 0 Å². The Labute approximate surface area is 116 Å². The van der Waals surface area contributed by atoms with Gasteiger partial charge in [0, 0.05) is 24.9 Å². The molecule has 0 spiro atoms. The topological polar surface area (TPSA) is 41.5 Å². The molecule has 0 unspecified atom stereocenters. The molecular weight excluding hydrogens is 238 g/mol. The normalized spacial score (nSPS) is 17.5. The molecule has 0 aromatic heterocycles. The lowest BCUT2D eigenvalue weighted by molar-refractivity contribution is 0.0778. The second kappa shape index (κ2) is 5.51. The highest BCUT2D eigenvalue weighted by molar-refractivity contribution is 5.58. The maximum absolute atomic E-state index is 10.3. The van der Waals surface area contributed by atoms with Gasteiger partial charge in [0.25, 0.3) is 0 Å². The van der Waals surface area contributed by atoms with Gasteiger partial charge in [0.05, 0.1) is 5.60 Å². The maximum atomic E-state index is 10.3. The smallest absolute Gasteiger partial charge is 0.0843 e. The summed E-state index contributed by atoms with van der Waals surface area (Å²) in [5.41, 5.74) is 3.66. The third-order valence-electron chi connectivity index (χ3n) is 3.79. The summed E-state index contributed by atoms with van der Waals surface area (Å²) in [6.07, 6.45) is 2.09. The van der Waals surface area contributed by atoms with E-state index in [1.54, 1.807) is 0 Å². The number of ether oxygens (including phenoxy) is 1. The van der Waals surface area contributed by atoms with Crippen LogP contribution in [0.25, 0.3) is 0 Å². The summed E-state index contributed by atoms with van der Waals surface area (Å²) in [7, 11) is 0. The summed E-state index contributed by atoms with van der Waals surface area (Å²) < 4.78 is 5.39. The van der Waals surface area contributed by atoms with Crippen molar-refractivity contribution in [2.24, 2.45) is 0 Å². The number of benzene rings is 1. The molecule has 3 nitrogen and oxygen atoms in total. The zero-order valence-corrected chi connectivity index (χ0v) is 12.4. The molecular formula is C16H25NO2. The van der Waals surface area contributed by atoms with E-state index in [1.165, 1.54) is 5.56 Å². The zero-order valence-electron chi connectivity index (χ0n) is 12.4. The number of rotatable bonds is 3. The van der Waals surface area contributed by atoms with Crippen molar-refractivity contribution >= 4 is 5.69 Å². The lowest BCUT2D eigenvalue weighted by atomic mass is 9.91. The highest BCUT2D eigenvalue weighted by Gasteiger charge is 2.22. The van der Waals surface area contributed by atoms with Crippen LogP contribution in [0.3, 0.4) is 0 Å². The summed E-state index contributed by atoms with van der Waals surface area (Å²) in [4.78, 5) is 0. The van der Waals surface area contributed by atoms with Crippen LogP contribution in [-0.2, 0) is 10.3 Å². The number of nitrogens with one attached hydrogen (secondary N) is 1. The average molecular weight is 263 g/mol. The molecule has 0 bridgehead atoms. The number of anilines is 1. The first-order chi connectivity index (χ1) is 8.88. The lowest BCUT2D eigenvalue weighted by Crippen LogP contribution is -2.28. The molecule has 3 heteroatoms. The maximum Gasteiger partial charge on any atom is 0.0843 e. The molecule has 2 rings (SSSR count). The Morgan fingerprint density at radius 2 is 1.84 bits per heavy atom. The summed E-state index contributed by atoms with van der Waals surface area (Å²) in [6, 6.07) is 4.72. The highest BCUT2D eigenvalue weighted by Crippen LogP contribution is 2.31. The van der Waals surface area contributed by atoms with E-state index in [2.05, 4.69) is 31.3 Å². The van der Waals surface area contributed by atoms with Crippen LogP contribution >= 0.6 is 0 Å². The fourth-order valence-electron chi connectivity index (χ4n) is 2.71. The van der Waals surface area contributed by atoms with E-state index < -0.39 is 5.60 Å². The largest absolute Gasteiger partial charge is 0.386 e. The Hall–Kier alpha value is -1.06. The van der Waals surface area contributed by atoms with Crippen LogP contribution in [0.1, 0.15) is 43.4 Å². The molecule has 1 aliphatic rings. The van der Waals surface area contributed by atoms with Crippen LogP contribution in [0.5, 0.6) is 0 Å². The summed E-state index contributed by atoms with van der Waals surface area (Å²) >= 11 is 0. The van der Waals surface area contributed by atoms with Crippen molar-refractivity contribution in [3.05, 3.63) is 28.8 Å². The van der Waals surface area contributed by atoms with E-state index in [1.807, 2.05) is 13.8 Å². The van der Waals surface area contributed by atoms with Gasteiger partial charge in [-0.05, 0) is 63.3 Å². The number of aryl methyl sites for hydroxylation is 1. The van der Waals surface area contributed by atoms with Crippen molar-refractivity contribution in [2.75, 3.05) is 18.5 Å². The molecule has 0 atom stereocenters. The summed E-state index contributed by atoms with van der Waals surface area (Å²) in [6.45, 7) is 9.50. The highest BCUT2D eigenvalue weighted by atomic mass is 16.5. The quantitative estimate of drug-likeness (QED) is 0.880. The standard InChI is InChI=1S/C16H25NO2/c1-11-9-14(16(3,4)18)12(2)15(10-11)17-13-5-7-19-8-6-13/h9-10,13,17-18H,5-8H2,1-4H3. The van der Waals surface area contributed by atoms with Crippen molar-refractivity contribution in [3.8, 4) is 0 Å². The van der Waals surface area contributed by atoms with Gasteiger partial charge in [-0.1, -0.05) is 6.07 Å². The van der Waals surface area contributed by atoms with Crippen molar-refractivity contribution in [2.45, 2.75) is 52.2 Å². The minimum absolute atomic E-state index is 0.476. The van der Waals surface area contributed by atoms with Crippen molar-refractivity contribution in [1.82, 2.24) is 0 Å². The molecule has 0 amide bonds. The van der Waals surface area contributed by atoms with E-state index in [4.69, 9.17) is 4.74 Å². The third kappa shape index (κ3) is 3.48. The van der Waals surface area contributed by atoms with Gasteiger partial charge in [-0.15, -0.1) is 0 Å². The van der Waals surface area contributed by atoms with Crippen LogP contribution in [0.4, 0.5) is 5.69 Å². The minimum Gasteiger partial charge on any atom is -0.386 e. The first kappa shape index (κ1) is 14.4. The van der Waals surface area contributed by atoms with E-state index in [9.17, 15) is 5.11 Å². The number of hydrogen-bond donors (Lipinski definition) is 2. The van der Waals surface area contributed by atoms with E-state index in [0.717, 1.165) is 42.9 Å². The SMILES string of the molecule is Cc1cc(NC2CCOCC2)c(C)c(C(C)(C)O)c1. The predicted octanol–water partition coefficient (Wildman–Crippen LogP) is 3.12. The van der Waals surface area contributed by atoms with Crippen LogP contribution < -0.4 is 5.32 Å². The molecule has 19 heavy (non-hydrogen) atoms. The van der Waals surface area contributed by atoms with Crippen LogP contribution in [0, 0.1) is 13.8 Å². The van der Waals surface area contributed by atoms with Crippen LogP contribution in [-0.4, -0.2) is 24.4 Å². The first-order valence-corrected chi connectivity index (χ1v) is 7.06. The molecule has 0 aliphatic carbocycles. The zero-order chi connectivity index (χ0) is 14.0. The van der Waals surface area contributed by atoms with Gasteiger partial charge in [0.2, 0.25) is 0 Å². The lowest BCUT2D eigenvalue weighted by Gasteiger charge is -2.28. The molecule has 0 saturated carbocycles.